The number of anilines is 2. The molecule has 2 amide bonds. The normalized spacial score (nSPS) is 16.2. The highest BCUT2D eigenvalue weighted by Crippen LogP contribution is 2.47. The van der Waals surface area contributed by atoms with Gasteiger partial charge < -0.3 is 25.7 Å². The van der Waals surface area contributed by atoms with Crippen molar-refractivity contribution in [1.29, 1.82) is 0 Å². The van der Waals surface area contributed by atoms with Crippen molar-refractivity contribution < 1.29 is 14.3 Å². The molecule has 0 unspecified atom stereocenters. The van der Waals surface area contributed by atoms with Crippen LogP contribution in [0, 0.1) is 0 Å². The highest BCUT2D eigenvalue weighted by molar-refractivity contribution is 6.06. The SMILES string of the molecule is CC(C)(C)OC(=O)N1CCN(c2ccc3cc(C(=O)Nc4ccccc4N=NN)ncc3c2C2CC2)CC1. The van der Waals surface area contributed by atoms with Gasteiger partial charge in [0.1, 0.15) is 17.0 Å². The van der Waals surface area contributed by atoms with E-state index >= 15 is 0 Å². The summed E-state index contributed by atoms with van der Waals surface area (Å²) in [6, 6.07) is 13.1. The summed E-state index contributed by atoms with van der Waals surface area (Å²) in [6.07, 6.45) is 3.82. The van der Waals surface area contributed by atoms with E-state index in [9.17, 15) is 9.59 Å². The van der Waals surface area contributed by atoms with E-state index in [-0.39, 0.29) is 12.0 Å². The van der Waals surface area contributed by atoms with Gasteiger partial charge in [-0.3, -0.25) is 9.78 Å². The van der Waals surface area contributed by atoms with Crippen LogP contribution in [-0.2, 0) is 4.74 Å². The summed E-state index contributed by atoms with van der Waals surface area (Å²) in [5.74, 6) is 5.34. The Hall–Kier alpha value is -4.21. The highest BCUT2D eigenvalue weighted by Gasteiger charge is 2.32. The van der Waals surface area contributed by atoms with Crippen LogP contribution in [-0.4, -0.2) is 53.7 Å². The average Bonchev–Trinajstić information content (AvgIpc) is 3.73. The number of nitrogens with two attached hydrogens (primary N) is 1. The van der Waals surface area contributed by atoms with Gasteiger partial charge in [-0.05, 0) is 74.7 Å². The van der Waals surface area contributed by atoms with Crippen LogP contribution >= 0.6 is 0 Å². The van der Waals surface area contributed by atoms with Gasteiger partial charge in [0.15, 0.2) is 0 Å². The predicted octanol–water partition coefficient (Wildman–Crippen LogP) is 5.38. The van der Waals surface area contributed by atoms with Crippen LogP contribution in [0.25, 0.3) is 10.8 Å². The zero-order valence-electron chi connectivity index (χ0n) is 22.0. The van der Waals surface area contributed by atoms with Crippen LogP contribution in [0.4, 0.5) is 21.9 Å². The molecule has 198 valence electrons. The molecule has 3 aromatic rings. The first-order valence-corrected chi connectivity index (χ1v) is 12.9. The van der Waals surface area contributed by atoms with Crippen molar-refractivity contribution in [2.45, 2.75) is 45.1 Å². The van der Waals surface area contributed by atoms with Crippen molar-refractivity contribution in [3.8, 4) is 0 Å². The molecule has 1 saturated heterocycles. The van der Waals surface area contributed by atoms with Gasteiger partial charge in [-0.1, -0.05) is 23.4 Å². The lowest BCUT2D eigenvalue weighted by atomic mass is 9.98. The van der Waals surface area contributed by atoms with Crippen molar-refractivity contribution in [2.24, 2.45) is 16.2 Å². The number of para-hydroxylation sites is 1. The number of nitrogens with zero attached hydrogens (tertiary/aromatic N) is 5. The summed E-state index contributed by atoms with van der Waals surface area (Å²) in [7, 11) is 0. The third-order valence-electron chi connectivity index (χ3n) is 6.73. The molecule has 2 aliphatic rings. The Labute approximate surface area is 221 Å². The number of rotatable bonds is 5. The lowest BCUT2D eigenvalue weighted by Gasteiger charge is -2.37. The molecule has 1 aliphatic carbocycles. The number of nitrogens with one attached hydrogen (secondary N) is 1. The number of ether oxygens (including phenoxy) is 1. The second-order valence-electron chi connectivity index (χ2n) is 10.7. The number of hydrogen-bond donors (Lipinski definition) is 2. The molecule has 1 aromatic heterocycles. The van der Waals surface area contributed by atoms with Crippen molar-refractivity contribution in [2.75, 3.05) is 36.4 Å². The summed E-state index contributed by atoms with van der Waals surface area (Å²) < 4.78 is 5.55. The number of fused-ring (bicyclic) bond motifs is 1. The van der Waals surface area contributed by atoms with Crippen LogP contribution in [0.3, 0.4) is 0 Å². The van der Waals surface area contributed by atoms with Gasteiger partial charge in [0.25, 0.3) is 5.91 Å². The third kappa shape index (κ3) is 5.53. The van der Waals surface area contributed by atoms with E-state index in [4.69, 9.17) is 10.6 Å². The molecule has 0 bridgehead atoms. The van der Waals surface area contributed by atoms with E-state index in [0.29, 0.717) is 36.1 Å². The van der Waals surface area contributed by atoms with Gasteiger partial charge in [0.05, 0.1) is 5.69 Å². The Morgan fingerprint density at radius 3 is 2.50 bits per heavy atom. The Kier molecular flexibility index (Phi) is 6.88. The molecule has 10 nitrogen and oxygen atoms in total. The van der Waals surface area contributed by atoms with Gasteiger partial charge in [0, 0.05) is 43.4 Å². The molecule has 1 aliphatic heterocycles. The minimum absolute atomic E-state index is 0.262. The van der Waals surface area contributed by atoms with Crippen LogP contribution in [0.1, 0.15) is 55.6 Å². The smallest absolute Gasteiger partial charge is 0.410 e. The fourth-order valence-electron chi connectivity index (χ4n) is 4.80. The van der Waals surface area contributed by atoms with Gasteiger partial charge in [-0.2, -0.15) is 0 Å². The number of aromatic nitrogens is 1. The van der Waals surface area contributed by atoms with Crippen molar-refractivity contribution in [3.05, 3.63) is 59.9 Å². The van der Waals surface area contributed by atoms with E-state index in [2.05, 4.69) is 31.6 Å². The molecule has 0 spiro atoms. The lowest BCUT2D eigenvalue weighted by molar-refractivity contribution is 0.0240. The van der Waals surface area contributed by atoms with E-state index in [0.717, 1.165) is 36.7 Å². The number of pyridine rings is 1. The highest BCUT2D eigenvalue weighted by atomic mass is 16.6. The standard InChI is InChI=1S/C28H33N7O3/c1-28(2,3)38-27(37)35-14-12-34(13-15-35)24-11-10-19-16-23(30-17-20(19)25(24)18-8-9-18)26(36)31-21-6-4-5-7-22(21)32-33-29/h4-7,10-11,16-18H,8-9,12-15H2,1-3H3,(H2,29,32)(H,31,36). The Morgan fingerprint density at radius 2 is 1.82 bits per heavy atom. The Morgan fingerprint density at radius 1 is 1.08 bits per heavy atom. The van der Waals surface area contributed by atoms with Gasteiger partial charge in [-0.25, -0.2) is 4.79 Å². The molecule has 5 rings (SSSR count). The average molecular weight is 516 g/mol. The molecular formula is C28H33N7O3. The number of piperazine rings is 1. The molecule has 10 heteroatoms. The third-order valence-corrected chi connectivity index (χ3v) is 6.73. The molecule has 0 atom stereocenters. The zero-order valence-corrected chi connectivity index (χ0v) is 22.0. The molecule has 3 N–H and O–H groups in total. The van der Waals surface area contributed by atoms with Crippen molar-refractivity contribution in [3.63, 3.8) is 0 Å². The minimum Gasteiger partial charge on any atom is -0.444 e. The molecule has 1 saturated carbocycles. The monoisotopic (exact) mass is 515 g/mol. The van der Waals surface area contributed by atoms with Crippen LogP contribution in [0.5, 0.6) is 0 Å². The second kappa shape index (κ2) is 10.3. The lowest BCUT2D eigenvalue weighted by Crippen LogP contribution is -2.50. The first kappa shape index (κ1) is 25.4. The molecule has 2 aromatic carbocycles. The fraction of sp³-hybridized carbons (Fsp3) is 0.393. The molecule has 2 fully saturated rings. The van der Waals surface area contributed by atoms with Gasteiger partial charge in [0.2, 0.25) is 0 Å². The number of hydrogen-bond acceptors (Lipinski definition) is 7. The van der Waals surface area contributed by atoms with E-state index in [1.54, 1.807) is 29.2 Å². The summed E-state index contributed by atoms with van der Waals surface area (Å²) in [6.45, 7) is 8.34. The zero-order chi connectivity index (χ0) is 26.9. The minimum atomic E-state index is -0.506. The number of amides is 2. The first-order chi connectivity index (χ1) is 18.2. The van der Waals surface area contributed by atoms with Crippen molar-refractivity contribution >= 4 is 39.8 Å². The van der Waals surface area contributed by atoms with Crippen LogP contribution in [0.2, 0.25) is 0 Å². The largest absolute Gasteiger partial charge is 0.444 e. The summed E-state index contributed by atoms with van der Waals surface area (Å²) in [4.78, 5) is 34.2. The first-order valence-electron chi connectivity index (χ1n) is 12.9. The second-order valence-corrected chi connectivity index (χ2v) is 10.7. The maximum absolute atomic E-state index is 13.0. The van der Waals surface area contributed by atoms with Crippen LogP contribution < -0.4 is 16.1 Å². The summed E-state index contributed by atoms with van der Waals surface area (Å²) in [5.41, 5.74) is 3.25. The predicted molar refractivity (Wildman–Crippen MR) is 147 cm³/mol. The quantitative estimate of drug-likeness (QED) is 0.267. The Balaban J connectivity index is 1.36. The van der Waals surface area contributed by atoms with Crippen LogP contribution in [0.15, 0.2) is 59.0 Å². The van der Waals surface area contributed by atoms with Gasteiger partial charge in [-0.15, -0.1) is 5.11 Å². The molecule has 38 heavy (non-hydrogen) atoms. The Bertz CT molecular complexity index is 1390. The van der Waals surface area contributed by atoms with E-state index in [1.165, 1.54) is 11.3 Å². The van der Waals surface area contributed by atoms with Gasteiger partial charge >= 0.3 is 6.09 Å². The van der Waals surface area contributed by atoms with E-state index in [1.807, 2.05) is 39.1 Å². The number of carbonyl (C=O) groups is 2. The van der Waals surface area contributed by atoms with E-state index < -0.39 is 5.60 Å². The molecule has 0 radical (unpaired) electrons. The maximum atomic E-state index is 13.0. The topological polar surface area (TPSA) is 126 Å². The fourth-order valence-corrected chi connectivity index (χ4v) is 4.80. The number of benzene rings is 2. The summed E-state index contributed by atoms with van der Waals surface area (Å²) >= 11 is 0. The maximum Gasteiger partial charge on any atom is 0.410 e. The molecule has 2 heterocycles. The molecular weight excluding hydrogens is 482 g/mol. The van der Waals surface area contributed by atoms with Crippen molar-refractivity contribution in [1.82, 2.24) is 9.88 Å². The number of carbonyl (C=O) groups excluding carboxylic acids is 2. The summed E-state index contributed by atoms with van der Waals surface area (Å²) in [5, 5.41) is 12.1.